The highest BCUT2D eigenvalue weighted by molar-refractivity contribution is 4.72. The third-order valence-electron chi connectivity index (χ3n) is 2.76. The Morgan fingerprint density at radius 2 is 2.33 bits per heavy atom. The van der Waals surface area contributed by atoms with Gasteiger partial charge in [-0.1, -0.05) is 13.8 Å². The molecule has 2 atom stereocenters. The lowest BCUT2D eigenvalue weighted by atomic mass is 10.1. The highest BCUT2D eigenvalue weighted by Gasteiger charge is 2.18. The highest BCUT2D eigenvalue weighted by atomic mass is 16.3. The predicted molar refractivity (Wildman–Crippen MR) is 51.1 cm³/mol. The summed E-state index contributed by atoms with van der Waals surface area (Å²) in [5, 5.41) is 8.84. The van der Waals surface area contributed by atoms with Crippen LogP contribution in [0.15, 0.2) is 0 Å². The molecule has 1 fully saturated rings. The van der Waals surface area contributed by atoms with E-state index in [1.54, 1.807) is 0 Å². The van der Waals surface area contributed by atoms with Crippen molar-refractivity contribution in [2.75, 3.05) is 26.2 Å². The van der Waals surface area contributed by atoms with Crippen LogP contribution in [-0.4, -0.2) is 36.2 Å². The van der Waals surface area contributed by atoms with Gasteiger partial charge in [0.1, 0.15) is 0 Å². The monoisotopic (exact) mass is 171 g/mol. The summed E-state index contributed by atoms with van der Waals surface area (Å²) in [6.45, 7) is 8.46. The average molecular weight is 171 g/mol. The van der Waals surface area contributed by atoms with Crippen molar-refractivity contribution in [3.63, 3.8) is 0 Å². The van der Waals surface area contributed by atoms with Crippen molar-refractivity contribution in [1.29, 1.82) is 0 Å². The number of likely N-dealkylation sites (tertiary alicyclic amines) is 1. The fourth-order valence-electron chi connectivity index (χ4n) is 1.72. The van der Waals surface area contributed by atoms with Gasteiger partial charge in [-0.25, -0.2) is 0 Å². The molecular formula is C10H21NO. The molecule has 0 bridgehead atoms. The molecule has 0 aromatic rings. The van der Waals surface area contributed by atoms with Gasteiger partial charge < -0.3 is 10.0 Å². The van der Waals surface area contributed by atoms with Crippen LogP contribution in [0.1, 0.15) is 26.7 Å². The Bertz CT molecular complexity index is 127. The Balaban J connectivity index is 2.07. The van der Waals surface area contributed by atoms with E-state index in [0.29, 0.717) is 12.5 Å². The predicted octanol–water partition coefficient (Wildman–Crippen LogP) is 1.35. The van der Waals surface area contributed by atoms with Gasteiger partial charge in [0.15, 0.2) is 0 Å². The number of rotatable bonds is 4. The summed E-state index contributed by atoms with van der Waals surface area (Å²) in [4.78, 5) is 2.51. The van der Waals surface area contributed by atoms with Crippen LogP contribution in [-0.2, 0) is 0 Å². The van der Waals surface area contributed by atoms with E-state index in [-0.39, 0.29) is 0 Å². The molecule has 2 heteroatoms. The van der Waals surface area contributed by atoms with Crippen molar-refractivity contribution in [2.45, 2.75) is 26.7 Å². The number of aliphatic hydroxyl groups is 1. The molecule has 0 unspecified atom stereocenters. The molecule has 0 radical (unpaired) electrons. The fraction of sp³-hybridized carbons (Fsp3) is 1.00. The summed E-state index contributed by atoms with van der Waals surface area (Å²) in [5.41, 5.74) is 0. The summed E-state index contributed by atoms with van der Waals surface area (Å²) in [6, 6.07) is 0. The van der Waals surface area contributed by atoms with E-state index >= 15 is 0 Å². The normalized spacial score (nSPS) is 27.8. The third kappa shape index (κ3) is 3.11. The highest BCUT2D eigenvalue weighted by Crippen LogP contribution is 2.15. The summed E-state index contributed by atoms with van der Waals surface area (Å²) >= 11 is 0. The lowest BCUT2D eigenvalue weighted by Crippen LogP contribution is -2.23. The minimum atomic E-state index is 0.337. The lowest BCUT2D eigenvalue weighted by Gasteiger charge is -2.17. The molecule has 1 aliphatic heterocycles. The lowest BCUT2D eigenvalue weighted by molar-refractivity contribution is 0.210. The van der Waals surface area contributed by atoms with Crippen molar-refractivity contribution < 1.29 is 5.11 Å². The van der Waals surface area contributed by atoms with E-state index < -0.39 is 0 Å². The van der Waals surface area contributed by atoms with Gasteiger partial charge in [-0.15, -0.1) is 0 Å². The molecule has 0 amide bonds. The van der Waals surface area contributed by atoms with E-state index in [0.717, 1.165) is 12.3 Å². The van der Waals surface area contributed by atoms with Crippen LogP contribution in [0.25, 0.3) is 0 Å². The molecule has 0 aliphatic carbocycles. The van der Waals surface area contributed by atoms with Crippen LogP contribution in [0.5, 0.6) is 0 Å². The quantitative estimate of drug-likeness (QED) is 0.690. The van der Waals surface area contributed by atoms with Crippen LogP contribution in [0.4, 0.5) is 0 Å². The zero-order valence-corrected chi connectivity index (χ0v) is 8.29. The standard InChI is InChI=1S/C10H21NO/c1-9-3-5-11(7-9)6-4-10(2)8-12/h9-10,12H,3-8H2,1-2H3/t9-,10+/m1/s1. The second-order valence-corrected chi connectivity index (χ2v) is 4.27. The summed E-state index contributed by atoms with van der Waals surface area (Å²) < 4.78 is 0. The van der Waals surface area contributed by atoms with Gasteiger partial charge in [-0.3, -0.25) is 0 Å². The molecule has 0 aromatic carbocycles. The molecule has 12 heavy (non-hydrogen) atoms. The SMILES string of the molecule is C[C@H](CO)CCN1CC[C@@H](C)C1. The molecule has 2 nitrogen and oxygen atoms in total. The second kappa shape index (κ2) is 4.83. The molecule has 1 aliphatic rings. The Morgan fingerprint density at radius 1 is 1.58 bits per heavy atom. The Morgan fingerprint density at radius 3 is 2.83 bits per heavy atom. The van der Waals surface area contributed by atoms with Crippen LogP contribution >= 0.6 is 0 Å². The molecule has 1 heterocycles. The molecule has 72 valence electrons. The maximum atomic E-state index is 8.84. The van der Waals surface area contributed by atoms with Crippen LogP contribution in [0, 0.1) is 11.8 Å². The Kier molecular flexibility index (Phi) is 4.02. The number of hydrogen-bond acceptors (Lipinski definition) is 2. The van der Waals surface area contributed by atoms with Gasteiger partial charge in [0, 0.05) is 13.2 Å². The van der Waals surface area contributed by atoms with Gasteiger partial charge in [-0.2, -0.15) is 0 Å². The van der Waals surface area contributed by atoms with Crippen molar-refractivity contribution in [3.8, 4) is 0 Å². The van der Waals surface area contributed by atoms with E-state index in [9.17, 15) is 0 Å². The van der Waals surface area contributed by atoms with E-state index in [1.165, 1.54) is 26.1 Å². The van der Waals surface area contributed by atoms with E-state index in [2.05, 4.69) is 18.7 Å². The molecule has 1 rings (SSSR count). The molecule has 1 N–H and O–H groups in total. The van der Waals surface area contributed by atoms with Gasteiger partial charge in [0.2, 0.25) is 0 Å². The molecule has 0 saturated carbocycles. The van der Waals surface area contributed by atoms with Gasteiger partial charge in [0.25, 0.3) is 0 Å². The largest absolute Gasteiger partial charge is 0.396 e. The number of nitrogens with zero attached hydrogens (tertiary/aromatic N) is 1. The summed E-state index contributed by atoms with van der Waals surface area (Å²) in [5.74, 6) is 1.36. The third-order valence-corrected chi connectivity index (χ3v) is 2.76. The molecule has 0 aromatic heterocycles. The van der Waals surface area contributed by atoms with Gasteiger partial charge in [-0.05, 0) is 37.8 Å². The first kappa shape index (κ1) is 10.0. The Hall–Kier alpha value is -0.0800. The van der Waals surface area contributed by atoms with Crippen molar-refractivity contribution >= 4 is 0 Å². The zero-order chi connectivity index (χ0) is 8.97. The minimum Gasteiger partial charge on any atom is -0.396 e. The van der Waals surface area contributed by atoms with Gasteiger partial charge in [0.05, 0.1) is 0 Å². The molecule has 0 spiro atoms. The van der Waals surface area contributed by atoms with Crippen LogP contribution in [0.2, 0.25) is 0 Å². The molecule has 1 saturated heterocycles. The first-order valence-corrected chi connectivity index (χ1v) is 5.05. The first-order valence-electron chi connectivity index (χ1n) is 5.05. The summed E-state index contributed by atoms with van der Waals surface area (Å²) in [6.07, 6.45) is 2.50. The van der Waals surface area contributed by atoms with Crippen molar-refractivity contribution in [2.24, 2.45) is 11.8 Å². The van der Waals surface area contributed by atoms with Crippen LogP contribution < -0.4 is 0 Å². The zero-order valence-electron chi connectivity index (χ0n) is 8.29. The van der Waals surface area contributed by atoms with Crippen molar-refractivity contribution in [3.05, 3.63) is 0 Å². The second-order valence-electron chi connectivity index (χ2n) is 4.27. The van der Waals surface area contributed by atoms with Gasteiger partial charge >= 0.3 is 0 Å². The number of hydrogen-bond donors (Lipinski definition) is 1. The average Bonchev–Trinajstić information content (AvgIpc) is 2.47. The smallest absolute Gasteiger partial charge is 0.0457 e. The Labute approximate surface area is 75.6 Å². The summed E-state index contributed by atoms with van der Waals surface area (Å²) in [7, 11) is 0. The topological polar surface area (TPSA) is 23.5 Å². The maximum absolute atomic E-state index is 8.84. The molecular weight excluding hydrogens is 150 g/mol. The van der Waals surface area contributed by atoms with E-state index in [4.69, 9.17) is 5.11 Å². The van der Waals surface area contributed by atoms with E-state index in [1.807, 2.05) is 0 Å². The minimum absolute atomic E-state index is 0.337. The fourth-order valence-corrected chi connectivity index (χ4v) is 1.72. The van der Waals surface area contributed by atoms with Crippen molar-refractivity contribution in [1.82, 2.24) is 4.90 Å². The first-order chi connectivity index (χ1) is 5.72. The maximum Gasteiger partial charge on any atom is 0.0457 e. The number of aliphatic hydroxyl groups excluding tert-OH is 1. The van der Waals surface area contributed by atoms with Crippen LogP contribution in [0.3, 0.4) is 0 Å².